The van der Waals surface area contributed by atoms with Crippen LogP contribution in [0.3, 0.4) is 0 Å². The van der Waals surface area contributed by atoms with E-state index in [4.69, 9.17) is 0 Å². The van der Waals surface area contributed by atoms with Gasteiger partial charge in [0.15, 0.2) is 0 Å². The van der Waals surface area contributed by atoms with Gasteiger partial charge in [-0.15, -0.1) is 0 Å². The van der Waals surface area contributed by atoms with Gasteiger partial charge in [-0.25, -0.2) is 4.68 Å². The molecule has 0 aliphatic carbocycles. The fourth-order valence-electron chi connectivity index (χ4n) is 3.70. The second-order valence-electron chi connectivity index (χ2n) is 8.07. The molecule has 2 heterocycles. The number of aromatic nitrogens is 4. The summed E-state index contributed by atoms with van der Waals surface area (Å²) in [6.45, 7) is 13.3. The van der Waals surface area contributed by atoms with Crippen LogP contribution in [0.15, 0.2) is 30.3 Å². The van der Waals surface area contributed by atoms with E-state index in [1.807, 2.05) is 55.8 Å². The number of nitrogens with zero attached hydrogens (tertiary/aromatic N) is 4. The Hall–Kier alpha value is -2.89. The number of carbonyl (C=O) groups excluding carboxylic acids is 1. The van der Waals surface area contributed by atoms with Crippen LogP contribution >= 0.6 is 0 Å². The Morgan fingerprint density at radius 3 is 2.34 bits per heavy atom. The summed E-state index contributed by atoms with van der Waals surface area (Å²) >= 11 is 0. The highest BCUT2D eigenvalue weighted by Gasteiger charge is 2.17. The smallest absolute Gasteiger partial charge is 0.224 e. The van der Waals surface area contributed by atoms with E-state index in [0.717, 1.165) is 40.7 Å². The number of para-hydroxylation sites is 1. The minimum Gasteiger partial charge on any atom is -0.323 e. The summed E-state index contributed by atoms with van der Waals surface area (Å²) in [5.41, 5.74) is 6.87. The highest BCUT2D eigenvalue weighted by molar-refractivity contribution is 5.92. The van der Waals surface area contributed by atoms with Gasteiger partial charge in [0.25, 0.3) is 0 Å². The molecule has 0 spiro atoms. The molecular formula is C23H31N5O. The van der Waals surface area contributed by atoms with E-state index in [1.54, 1.807) is 0 Å². The van der Waals surface area contributed by atoms with Gasteiger partial charge in [-0.05, 0) is 57.7 Å². The average molecular weight is 394 g/mol. The van der Waals surface area contributed by atoms with Crippen molar-refractivity contribution in [3.05, 3.63) is 58.7 Å². The molecule has 0 aliphatic heterocycles. The Morgan fingerprint density at radius 1 is 1.00 bits per heavy atom. The predicted octanol–water partition coefficient (Wildman–Crippen LogP) is 4.53. The van der Waals surface area contributed by atoms with Gasteiger partial charge >= 0.3 is 0 Å². The molecule has 0 aliphatic rings. The predicted molar refractivity (Wildman–Crippen MR) is 117 cm³/mol. The first-order valence-electron chi connectivity index (χ1n) is 10.2. The lowest BCUT2D eigenvalue weighted by Gasteiger charge is -2.09. The van der Waals surface area contributed by atoms with E-state index in [0.29, 0.717) is 18.8 Å². The van der Waals surface area contributed by atoms with E-state index in [1.165, 1.54) is 5.56 Å². The van der Waals surface area contributed by atoms with Gasteiger partial charge < -0.3 is 5.32 Å². The molecule has 0 atom stereocenters. The quantitative estimate of drug-likeness (QED) is 0.641. The minimum atomic E-state index is -0.000721. The van der Waals surface area contributed by atoms with Crippen molar-refractivity contribution < 1.29 is 4.79 Å². The van der Waals surface area contributed by atoms with Gasteiger partial charge in [-0.3, -0.25) is 9.48 Å². The van der Waals surface area contributed by atoms with E-state index in [9.17, 15) is 4.79 Å². The summed E-state index contributed by atoms with van der Waals surface area (Å²) in [6.07, 6.45) is 1.11. The number of aryl methyl sites for hydroxylation is 2. The van der Waals surface area contributed by atoms with Crippen molar-refractivity contribution in [2.24, 2.45) is 5.92 Å². The Kier molecular flexibility index (Phi) is 6.20. The molecule has 1 N–H and O–H groups in total. The zero-order valence-corrected chi connectivity index (χ0v) is 18.3. The molecule has 0 saturated carbocycles. The first kappa shape index (κ1) is 20.8. The number of anilines is 1. The lowest BCUT2D eigenvalue weighted by atomic mass is 10.1. The van der Waals surface area contributed by atoms with Crippen molar-refractivity contribution in [1.82, 2.24) is 19.6 Å². The van der Waals surface area contributed by atoms with Crippen molar-refractivity contribution in [3.63, 3.8) is 0 Å². The molecule has 6 heteroatoms. The first-order valence-corrected chi connectivity index (χ1v) is 10.2. The fourth-order valence-corrected chi connectivity index (χ4v) is 3.70. The molecule has 1 aromatic carbocycles. The Labute approximate surface area is 172 Å². The van der Waals surface area contributed by atoms with Crippen molar-refractivity contribution in [1.29, 1.82) is 0 Å². The summed E-state index contributed by atoms with van der Waals surface area (Å²) in [5.74, 6) is 0.537. The van der Waals surface area contributed by atoms with Gasteiger partial charge in [0, 0.05) is 18.7 Å². The Morgan fingerprint density at radius 2 is 1.69 bits per heavy atom. The van der Waals surface area contributed by atoms with Crippen molar-refractivity contribution in [3.8, 4) is 5.69 Å². The third-order valence-corrected chi connectivity index (χ3v) is 5.23. The highest BCUT2D eigenvalue weighted by Crippen LogP contribution is 2.23. The second-order valence-corrected chi connectivity index (χ2v) is 8.07. The monoisotopic (exact) mass is 393 g/mol. The standard InChI is InChI=1S/C23H31N5O/c1-15(2)14-27-18(5)21(16(3)25-27)12-13-22(29)24-23-17(4)26-28(19(23)6)20-10-8-7-9-11-20/h7-11,15H,12-14H2,1-6H3,(H,24,29). The van der Waals surface area contributed by atoms with Gasteiger partial charge in [0.1, 0.15) is 0 Å². The molecule has 3 aromatic rings. The summed E-state index contributed by atoms with van der Waals surface area (Å²) in [5, 5.41) is 12.3. The van der Waals surface area contributed by atoms with Crippen molar-refractivity contribution >= 4 is 11.6 Å². The number of hydrogen-bond acceptors (Lipinski definition) is 3. The van der Waals surface area contributed by atoms with Gasteiger partial charge in [-0.2, -0.15) is 10.2 Å². The normalized spacial score (nSPS) is 11.3. The molecule has 0 fully saturated rings. The molecule has 0 saturated heterocycles. The minimum absolute atomic E-state index is 0.000721. The van der Waals surface area contributed by atoms with Crippen LogP contribution in [0.1, 0.15) is 48.6 Å². The van der Waals surface area contributed by atoms with Gasteiger partial charge in [0.05, 0.1) is 28.5 Å². The number of rotatable bonds is 7. The maximum atomic E-state index is 12.7. The number of amides is 1. The van der Waals surface area contributed by atoms with Crippen LogP contribution in [0, 0.1) is 33.6 Å². The third kappa shape index (κ3) is 4.58. The SMILES string of the molecule is Cc1nn(CC(C)C)c(C)c1CCC(=O)Nc1c(C)nn(-c2ccccc2)c1C. The maximum absolute atomic E-state index is 12.7. The van der Waals surface area contributed by atoms with E-state index < -0.39 is 0 Å². The second kappa shape index (κ2) is 8.64. The van der Waals surface area contributed by atoms with Gasteiger partial charge in [0.2, 0.25) is 5.91 Å². The summed E-state index contributed by atoms with van der Waals surface area (Å²) in [6, 6.07) is 9.95. The molecule has 0 bridgehead atoms. The van der Waals surface area contributed by atoms with E-state index in [2.05, 4.69) is 41.0 Å². The van der Waals surface area contributed by atoms with E-state index in [-0.39, 0.29) is 5.91 Å². The fraction of sp³-hybridized carbons (Fsp3) is 0.435. The van der Waals surface area contributed by atoms with Crippen LogP contribution in [-0.2, 0) is 17.8 Å². The van der Waals surface area contributed by atoms with Crippen LogP contribution in [0.2, 0.25) is 0 Å². The number of hydrogen-bond donors (Lipinski definition) is 1. The average Bonchev–Trinajstić information content (AvgIpc) is 3.10. The zero-order chi connectivity index (χ0) is 21.1. The highest BCUT2D eigenvalue weighted by atomic mass is 16.1. The molecule has 154 valence electrons. The molecule has 6 nitrogen and oxygen atoms in total. The summed E-state index contributed by atoms with van der Waals surface area (Å²) in [7, 11) is 0. The molecular weight excluding hydrogens is 362 g/mol. The van der Waals surface area contributed by atoms with Crippen LogP contribution in [0.4, 0.5) is 5.69 Å². The summed E-state index contributed by atoms with van der Waals surface area (Å²) in [4.78, 5) is 12.7. The van der Waals surface area contributed by atoms with Crippen LogP contribution in [-0.4, -0.2) is 25.5 Å². The number of carbonyl (C=O) groups is 1. The Bertz CT molecular complexity index is 998. The van der Waals surface area contributed by atoms with Crippen molar-refractivity contribution in [2.75, 3.05) is 5.32 Å². The lowest BCUT2D eigenvalue weighted by Crippen LogP contribution is -2.14. The molecule has 2 aromatic heterocycles. The first-order chi connectivity index (χ1) is 13.8. The van der Waals surface area contributed by atoms with Crippen LogP contribution < -0.4 is 5.32 Å². The molecule has 1 amide bonds. The topological polar surface area (TPSA) is 64.7 Å². The number of nitrogens with one attached hydrogen (secondary N) is 1. The van der Waals surface area contributed by atoms with Gasteiger partial charge in [-0.1, -0.05) is 32.0 Å². The third-order valence-electron chi connectivity index (χ3n) is 5.23. The number of benzene rings is 1. The van der Waals surface area contributed by atoms with Crippen LogP contribution in [0.25, 0.3) is 5.69 Å². The molecule has 0 unspecified atom stereocenters. The maximum Gasteiger partial charge on any atom is 0.224 e. The largest absolute Gasteiger partial charge is 0.323 e. The molecule has 3 rings (SSSR count). The lowest BCUT2D eigenvalue weighted by molar-refractivity contribution is -0.116. The van der Waals surface area contributed by atoms with Crippen molar-refractivity contribution in [2.45, 2.75) is 60.9 Å². The Balaban J connectivity index is 1.70. The zero-order valence-electron chi connectivity index (χ0n) is 18.3. The molecule has 29 heavy (non-hydrogen) atoms. The van der Waals surface area contributed by atoms with E-state index >= 15 is 0 Å². The van der Waals surface area contributed by atoms with Crippen LogP contribution in [0.5, 0.6) is 0 Å². The molecule has 0 radical (unpaired) electrons. The summed E-state index contributed by atoms with van der Waals surface area (Å²) < 4.78 is 3.93.